The Kier molecular flexibility index (Phi) is 6.44. The van der Waals surface area contributed by atoms with Gasteiger partial charge in [-0.2, -0.15) is 0 Å². The Hall–Kier alpha value is -0.950. The zero-order valence-electron chi connectivity index (χ0n) is 12.7. The number of hydrogen-bond acceptors (Lipinski definition) is 1. The third kappa shape index (κ3) is 4.58. The molecule has 0 N–H and O–H groups in total. The van der Waals surface area contributed by atoms with E-state index < -0.39 is 0 Å². The Morgan fingerprint density at radius 1 is 1.26 bits per heavy atom. The van der Waals surface area contributed by atoms with Gasteiger partial charge in [0.2, 0.25) is 0 Å². The summed E-state index contributed by atoms with van der Waals surface area (Å²) in [7, 11) is 1.74. The average molecular weight is 281 g/mol. The SMILES string of the molecule is CC/C=C\C(C)Cc1cc(Cl)cc(C(C)C)c1OC. The fraction of sp³-hybridized carbons (Fsp3) is 0.529. The Labute approximate surface area is 122 Å². The van der Waals surface area contributed by atoms with E-state index in [9.17, 15) is 0 Å². The minimum absolute atomic E-state index is 0.411. The van der Waals surface area contributed by atoms with Gasteiger partial charge in [-0.05, 0) is 47.9 Å². The second-order valence-electron chi connectivity index (χ2n) is 5.36. The number of halogens is 1. The molecule has 0 aliphatic carbocycles. The predicted octanol–water partition coefficient (Wildman–Crippen LogP) is 5.62. The summed E-state index contributed by atoms with van der Waals surface area (Å²) in [5, 5.41) is 0.797. The van der Waals surface area contributed by atoms with E-state index in [1.807, 2.05) is 12.1 Å². The van der Waals surface area contributed by atoms with Gasteiger partial charge in [0.15, 0.2) is 0 Å². The van der Waals surface area contributed by atoms with Crippen LogP contribution in [-0.4, -0.2) is 7.11 Å². The summed E-state index contributed by atoms with van der Waals surface area (Å²) in [6, 6.07) is 4.05. The normalized spacial score (nSPS) is 13.2. The largest absolute Gasteiger partial charge is 0.496 e. The van der Waals surface area contributed by atoms with Crippen LogP contribution in [0.5, 0.6) is 5.75 Å². The third-order valence-electron chi connectivity index (χ3n) is 3.23. The van der Waals surface area contributed by atoms with Crippen molar-refractivity contribution in [3.05, 3.63) is 40.4 Å². The predicted molar refractivity (Wildman–Crippen MR) is 84.4 cm³/mol. The number of hydrogen-bond donors (Lipinski definition) is 0. The van der Waals surface area contributed by atoms with E-state index in [2.05, 4.69) is 39.8 Å². The monoisotopic (exact) mass is 280 g/mol. The molecule has 106 valence electrons. The lowest BCUT2D eigenvalue weighted by Crippen LogP contribution is -2.03. The second-order valence-corrected chi connectivity index (χ2v) is 5.80. The van der Waals surface area contributed by atoms with Gasteiger partial charge >= 0.3 is 0 Å². The van der Waals surface area contributed by atoms with Crippen molar-refractivity contribution < 1.29 is 4.74 Å². The Morgan fingerprint density at radius 2 is 1.95 bits per heavy atom. The smallest absolute Gasteiger partial charge is 0.125 e. The van der Waals surface area contributed by atoms with E-state index in [1.165, 1.54) is 11.1 Å². The summed E-state index contributed by atoms with van der Waals surface area (Å²) in [5.41, 5.74) is 2.39. The van der Waals surface area contributed by atoms with Crippen LogP contribution in [0.25, 0.3) is 0 Å². The van der Waals surface area contributed by atoms with Crippen LogP contribution in [0.3, 0.4) is 0 Å². The van der Waals surface area contributed by atoms with Gasteiger partial charge in [-0.25, -0.2) is 0 Å². The van der Waals surface area contributed by atoms with Crippen molar-refractivity contribution in [1.82, 2.24) is 0 Å². The van der Waals surface area contributed by atoms with Crippen LogP contribution in [0.4, 0.5) is 0 Å². The van der Waals surface area contributed by atoms with Crippen LogP contribution in [-0.2, 0) is 6.42 Å². The minimum atomic E-state index is 0.411. The summed E-state index contributed by atoms with van der Waals surface area (Å²) in [5.74, 6) is 1.90. The van der Waals surface area contributed by atoms with Gasteiger partial charge in [-0.15, -0.1) is 0 Å². The topological polar surface area (TPSA) is 9.23 Å². The van der Waals surface area contributed by atoms with Crippen molar-refractivity contribution in [2.24, 2.45) is 5.92 Å². The number of rotatable bonds is 6. The molecule has 0 heterocycles. The maximum Gasteiger partial charge on any atom is 0.125 e. The molecule has 0 aliphatic heterocycles. The first-order chi connectivity index (χ1) is 8.99. The molecule has 1 nitrogen and oxygen atoms in total. The van der Waals surface area contributed by atoms with Crippen LogP contribution in [0.15, 0.2) is 24.3 Å². The van der Waals surface area contributed by atoms with Gasteiger partial charge in [0.25, 0.3) is 0 Å². The highest BCUT2D eigenvalue weighted by Crippen LogP contribution is 2.34. The maximum absolute atomic E-state index is 6.24. The first-order valence-corrected chi connectivity index (χ1v) is 7.40. The molecule has 1 rings (SSSR count). The summed E-state index contributed by atoms with van der Waals surface area (Å²) in [4.78, 5) is 0. The lowest BCUT2D eigenvalue weighted by molar-refractivity contribution is 0.400. The molecule has 0 saturated carbocycles. The fourth-order valence-electron chi connectivity index (χ4n) is 2.29. The van der Waals surface area contributed by atoms with Crippen molar-refractivity contribution in [2.45, 2.75) is 46.5 Å². The van der Waals surface area contributed by atoms with Crippen LogP contribution < -0.4 is 4.74 Å². The summed E-state index contributed by atoms with van der Waals surface area (Å²) in [6.07, 6.45) is 6.51. The van der Waals surface area contributed by atoms with Crippen molar-refractivity contribution in [3.63, 3.8) is 0 Å². The summed E-state index contributed by atoms with van der Waals surface area (Å²) >= 11 is 6.24. The zero-order chi connectivity index (χ0) is 14.4. The van der Waals surface area contributed by atoms with Gasteiger partial charge in [-0.1, -0.05) is 51.4 Å². The number of benzene rings is 1. The maximum atomic E-state index is 6.24. The highest BCUT2D eigenvalue weighted by atomic mass is 35.5. The molecule has 0 bridgehead atoms. The molecule has 0 aliphatic rings. The van der Waals surface area contributed by atoms with Gasteiger partial charge in [0.05, 0.1) is 7.11 Å². The van der Waals surface area contributed by atoms with Crippen LogP contribution >= 0.6 is 11.6 Å². The molecular formula is C17H25ClO. The Balaban J connectivity index is 3.08. The Bertz CT molecular complexity index is 435. The Morgan fingerprint density at radius 3 is 2.47 bits per heavy atom. The van der Waals surface area contributed by atoms with Gasteiger partial charge in [-0.3, -0.25) is 0 Å². The van der Waals surface area contributed by atoms with E-state index in [0.717, 1.165) is 23.6 Å². The third-order valence-corrected chi connectivity index (χ3v) is 3.45. The van der Waals surface area contributed by atoms with Crippen LogP contribution in [0, 0.1) is 5.92 Å². The average Bonchev–Trinajstić information content (AvgIpc) is 2.35. The number of allylic oxidation sites excluding steroid dienone is 2. The van der Waals surface area contributed by atoms with E-state index in [1.54, 1.807) is 7.11 Å². The van der Waals surface area contributed by atoms with E-state index in [4.69, 9.17) is 16.3 Å². The lowest BCUT2D eigenvalue weighted by Gasteiger charge is -2.18. The number of methoxy groups -OCH3 is 1. The van der Waals surface area contributed by atoms with Gasteiger partial charge in [0, 0.05) is 5.02 Å². The number of ether oxygens (including phenoxy) is 1. The molecule has 1 aromatic rings. The van der Waals surface area contributed by atoms with E-state index in [-0.39, 0.29) is 0 Å². The minimum Gasteiger partial charge on any atom is -0.496 e. The standard InChI is InChI=1S/C17H25ClO/c1-6-7-8-13(4)9-14-10-15(18)11-16(12(2)3)17(14)19-5/h7-8,10-13H,6,9H2,1-5H3/b8-7-. The molecule has 0 saturated heterocycles. The molecule has 0 amide bonds. The van der Waals surface area contributed by atoms with Crippen molar-refractivity contribution >= 4 is 11.6 Å². The van der Waals surface area contributed by atoms with E-state index in [0.29, 0.717) is 11.8 Å². The molecular weight excluding hydrogens is 256 g/mol. The second kappa shape index (κ2) is 7.59. The van der Waals surface area contributed by atoms with Crippen LogP contribution in [0.2, 0.25) is 5.02 Å². The molecule has 1 unspecified atom stereocenters. The van der Waals surface area contributed by atoms with Crippen LogP contribution in [0.1, 0.15) is 51.2 Å². The quantitative estimate of drug-likeness (QED) is 0.615. The highest BCUT2D eigenvalue weighted by molar-refractivity contribution is 6.30. The van der Waals surface area contributed by atoms with E-state index >= 15 is 0 Å². The molecule has 2 heteroatoms. The lowest BCUT2D eigenvalue weighted by atomic mass is 9.94. The van der Waals surface area contributed by atoms with Crippen molar-refractivity contribution in [3.8, 4) is 5.75 Å². The summed E-state index contributed by atoms with van der Waals surface area (Å²) in [6.45, 7) is 8.71. The molecule has 1 aromatic carbocycles. The molecule has 0 fully saturated rings. The molecule has 0 aromatic heterocycles. The van der Waals surface area contributed by atoms with Crippen molar-refractivity contribution in [2.75, 3.05) is 7.11 Å². The first-order valence-electron chi connectivity index (χ1n) is 7.02. The zero-order valence-corrected chi connectivity index (χ0v) is 13.4. The molecule has 1 atom stereocenters. The van der Waals surface area contributed by atoms with Crippen molar-refractivity contribution in [1.29, 1.82) is 0 Å². The highest BCUT2D eigenvalue weighted by Gasteiger charge is 2.15. The first kappa shape index (κ1) is 16.1. The molecule has 0 radical (unpaired) electrons. The molecule has 0 spiro atoms. The molecule has 19 heavy (non-hydrogen) atoms. The van der Waals surface area contributed by atoms with Gasteiger partial charge < -0.3 is 4.74 Å². The fourth-order valence-corrected chi connectivity index (χ4v) is 2.54. The summed E-state index contributed by atoms with van der Waals surface area (Å²) < 4.78 is 5.62. The van der Waals surface area contributed by atoms with Gasteiger partial charge in [0.1, 0.15) is 5.75 Å².